The Morgan fingerprint density at radius 2 is 0.978 bits per heavy atom. The van der Waals surface area contributed by atoms with E-state index in [4.69, 9.17) is 18.5 Å². The van der Waals surface area contributed by atoms with E-state index in [1.807, 2.05) is 88.4 Å². The van der Waals surface area contributed by atoms with Gasteiger partial charge in [0.05, 0.1) is 0 Å². The molecule has 0 heterocycles. The monoisotopic (exact) mass is 637 g/mol. The van der Waals surface area contributed by atoms with Crippen LogP contribution in [0.1, 0.15) is 87.5 Å². The van der Waals surface area contributed by atoms with Gasteiger partial charge < -0.3 is 9.47 Å². The van der Waals surface area contributed by atoms with Crippen LogP contribution >= 0.6 is 8.25 Å². The van der Waals surface area contributed by atoms with Crippen molar-refractivity contribution in [3.8, 4) is 11.5 Å². The van der Waals surface area contributed by atoms with Crippen LogP contribution < -0.4 is 9.47 Å². The van der Waals surface area contributed by atoms with Gasteiger partial charge in [0.15, 0.2) is 0 Å². The van der Waals surface area contributed by atoms with Gasteiger partial charge in [-0.1, -0.05) is 84.9 Å². The van der Waals surface area contributed by atoms with E-state index in [2.05, 4.69) is 48.5 Å². The van der Waals surface area contributed by atoms with Crippen molar-refractivity contribution in [2.75, 3.05) is 0 Å². The van der Waals surface area contributed by atoms with Crippen molar-refractivity contribution >= 4 is 8.25 Å². The fraction of sp³-hybridized carbons (Fsp3) is 0.400. The first kappa shape index (κ1) is 32.4. The van der Waals surface area contributed by atoms with Crippen LogP contribution in [0.3, 0.4) is 0 Å². The first-order valence-corrected chi connectivity index (χ1v) is 17.7. The second-order valence-electron chi connectivity index (χ2n) is 13.9. The minimum atomic E-state index is -2.40. The Morgan fingerprint density at radius 3 is 1.35 bits per heavy atom. The van der Waals surface area contributed by atoms with Crippen LogP contribution in [0.2, 0.25) is 0 Å². The molecule has 2 aliphatic carbocycles. The number of hydrogen-bond acceptors (Lipinski definition) is 5. The van der Waals surface area contributed by atoms with Gasteiger partial charge in [0.1, 0.15) is 35.9 Å². The normalized spacial score (nSPS) is 16.8. The van der Waals surface area contributed by atoms with Crippen LogP contribution in [0.25, 0.3) is 0 Å². The Labute approximate surface area is 275 Å². The summed E-state index contributed by atoms with van der Waals surface area (Å²) >= 11 is 0. The average Bonchev–Trinajstić information content (AvgIpc) is 3.97. The van der Waals surface area contributed by atoms with Crippen molar-refractivity contribution in [2.24, 2.45) is 11.8 Å². The zero-order chi connectivity index (χ0) is 32.1. The smallest absolute Gasteiger partial charge is 0.489 e. The molecule has 0 aromatic heterocycles. The van der Waals surface area contributed by atoms with E-state index >= 15 is 0 Å². The number of rotatable bonds is 16. The molecule has 2 aliphatic rings. The Bertz CT molecular complexity index is 1480. The third-order valence-corrected chi connectivity index (χ3v) is 10.5. The summed E-state index contributed by atoms with van der Waals surface area (Å²) in [7, 11) is -2.40. The SMILES string of the molecule is CC(C)(O[P+](=O)OC(C)(C)C(c1cccc(OCc2ccccc2)c1)C1CC1)C(c1cccc(OCc2ccccc2)c1)C1CC1. The topological polar surface area (TPSA) is 54.0 Å². The number of ether oxygens (including phenoxy) is 2. The lowest BCUT2D eigenvalue weighted by molar-refractivity contribution is 0.0123. The van der Waals surface area contributed by atoms with E-state index in [1.165, 1.54) is 0 Å². The highest BCUT2D eigenvalue weighted by atomic mass is 31.1. The Kier molecular flexibility index (Phi) is 9.94. The van der Waals surface area contributed by atoms with Crippen molar-refractivity contribution in [1.82, 2.24) is 0 Å². The first-order chi connectivity index (χ1) is 22.2. The zero-order valence-corrected chi connectivity index (χ0v) is 28.3. The molecular formula is C40H46O5P+. The first-order valence-electron chi connectivity index (χ1n) is 16.6. The van der Waals surface area contributed by atoms with Gasteiger partial charge in [-0.15, -0.1) is 9.05 Å². The van der Waals surface area contributed by atoms with Crippen molar-refractivity contribution in [3.05, 3.63) is 131 Å². The summed E-state index contributed by atoms with van der Waals surface area (Å²) in [4.78, 5) is 0. The van der Waals surface area contributed by atoms with E-state index in [1.54, 1.807) is 0 Å². The minimum absolute atomic E-state index is 0.0658. The van der Waals surface area contributed by atoms with Gasteiger partial charge in [-0.05, 0) is 112 Å². The lowest BCUT2D eigenvalue weighted by atomic mass is 9.81. The molecule has 6 rings (SSSR count). The van der Waals surface area contributed by atoms with Crippen LogP contribution in [0, 0.1) is 11.8 Å². The zero-order valence-electron chi connectivity index (χ0n) is 27.4. The number of benzene rings is 4. The fourth-order valence-electron chi connectivity index (χ4n) is 6.94. The minimum Gasteiger partial charge on any atom is -0.489 e. The summed E-state index contributed by atoms with van der Waals surface area (Å²) < 4.78 is 38.8. The molecule has 0 aliphatic heterocycles. The molecule has 5 nitrogen and oxygen atoms in total. The van der Waals surface area contributed by atoms with Gasteiger partial charge in [-0.3, -0.25) is 0 Å². The molecule has 0 amide bonds. The molecule has 2 unspecified atom stereocenters. The highest BCUT2D eigenvalue weighted by Gasteiger charge is 2.52. The average molecular weight is 638 g/mol. The van der Waals surface area contributed by atoms with Gasteiger partial charge >= 0.3 is 8.25 Å². The Morgan fingerprint density at radius 1 is 0.587 bits per heavy atom. The molecule has 2 saturated carbocycles. The molecule has 2 fully saturated rings. The molecule has 6 heteroatoms. The van der Waals surface area contributed by atoms with E-state index in [9.17, 15) is 4.57 Å². The third-order valence-electron chi connectivity index (χ3n) is 9.24. The summed E-state index contributed by atoms with van der Waals surface area (Å²) in [6.07, 6.45) is 4.51. The molecule has 240 valence electrons. The van der Waals surface area contributed by atoms with E-state index in [-0.39, 0.29) is 11.8 Å². The summed E-state index contributed by atoms with van der Waals surface area (Å²) in [6.45, 7) is 9.20. The fourth-order valence-corrected chi connectivity index (χ4v) is 7.97. The van der Waals surface area contributed by atoms with E-state index in [0.29, 0.717) is 25.0 Å². The largest absolute Gasteiger partial charge is 0.698 e. The van der Waals surface area contributed by atoms with Crippen molar-refractivity contribution < 1.29 is 23.1 Å². The standard InChI is InChI=1S/C40H46O5P/c1-39(2,37(31-21-22-31)33-17-11-19-35(25-33)42-27-29-13-7-5-8-14-29)44-46(41)45-40(3,4)38(32-23-24-32)34-18-12-20-36(26-34)43-28-30-15-9-6-10-16-30/h5-20,25-26,31-32,37-38H,21-24,27-28H2,1-4H3/q+1. The summed E-state index contributed by atoms with van der Waals surface area (Å²) in [5, 5.41) is 0. The summed E-state index contributed by atoms with van der Waals surface area (Å²) in [5.74, 6) is 2.72. The van der Waals surface area contributed by atoms with Crippen LogP contribution in [0.5, 0.6) is 11.5 Å². The molecule has 4 aromatic rings. The molecule has 46 heavy (non-hydrogen) atoms. The highest BCUT2D eigenvalue weighted by Crippen LogP contribution is 2.55. The van der Waals surface area contributed by atoms with E-state index < -0.39 is 19.5 Å². The Balaban J connectivity index is 1.13. The Hall–Kier alpha value is -3.50. The molecule has 4 aromatic carbocycles. The molecule has 0 spiro atoms. The highest BCUT2D eigenvalue weighted by molar-refractivity contribution is 7.33. The van der Waals surface area contributed by atoms with Gasteiger partial charge in [-0.2, -0.15) is 0 Å². The number of hydrogen-bond donors (Lipinski definition) is 0. The maximum atomic E-state index is 13.7. The van der Waals surface area contributed by atoms with Crippen molar-refractivity contribution in [3.63, 3.8) is 0 Å². The molecular weight excluding hydrogens is 591 g/mol. The maximum absolute atomic E-state index is 13.7. The van der Waals surface area contributed by atoms with Crippen molar-refractivity contribution in [1.29, 1.82) is 0 Å². The second-order valence-corrected chi connectivity index (χ2v) is 14.7. The maximum Gasteiger partial charge on any atom is 0.698 e. The quantitative estimate of drug-likeness (QED) is 0.114. The third kappa shape index (κ3) is 8.45. The lowest BCUT2D eigenvalue weighted by Gasteiger charge is -2.32. The van der Waals surface area contributed by atoms with Crippen LogP contribution in [0.15, 0.2) is 109 Å². The predicted octanol–water partition coefficient (Wildman–Crippen LogP) is 10.8. The molecule has 0 radical (unpaired) electrons. The van der Waals surface area contributed by atoms with Gasteiger partial charge in [-0.25, -0.2) is 0 Å². The van der Waals surface area contributed by atoms with Crippen LogP contribution in [-0.4, -0.2) is 11.2 Å². The van der Waals surface area contributed by atoms with Gasteiger partial charge in [0.25, 0.3) is 0 Å². The molecule has 0 bridgehead atoms. The van der Waals surface area contributed by atoms with Gasteiger partial charge in [0, 0.05) is 16.4 Å². The molecule has 0 N–H and O–H groups in total. The molecule has 0 saturated heterocycles. The van der Waals surface area contributed by atoms with Gasteiger partial charge in [0.2, 0.25) is 0 Å². The molecule has 2 atom stereocenters. The van der Waals surface area contributed by atoms with Crippen molar-refractivity contribution in [2.45, 2.75) is 89.6 Å². The van der Waals surface area contributed by atoms with Crippen LogP contribution in [0.4, 0.5) is 0 Å². The summed E-state index contributed by atoms with van der Waals surface area (Å²) in [6, 6.07) is 36.9. The van der Waals surface area contributed by atoms with E-state index in [0.717, 1.165) is 59.4 Å². The lowest BCUT2D eigenvalue weighted by Crippen LogP contribution is -2.35. The second kappa shape index (κ2) is 14.1. The predicted molar refractivity (Wildman–Crippen MR) is 183 cm³/mol. The summed E-state index contributed by atoms with van der Waals surface area (Å²) in [5.41, 5.74) is 3.13. The van der Waals surface area contributed by atoms with Crippen LogP contribution in [-0.2, 0) is 26.8 Å².